The Labute approximate surface area is 254 Å². The van der Waals surface area contributed by atoms with Crippen LogP contribution in [0.1, 0.15) is 0 Å². The molecular weight excluding hydrogens is 538 g/mol. The first-order valence-electron chi connectivity index (χ1n) is 14.5. The molecule has 44 heavy (non-hydrogen) atoms. The molecule has 3 aromatic carbocycles. The minimum absolute atomic E-state index is 0.850. The van der Waals surface area contributed by atoms with Crippen LogP contribution in [-0.2, 0) is 0 Å². The first-order valence-corrected chi connectivity index (χ1v) is 14.5. The van der Waals surface area contributed by atoms with Crippen LogP contribution in [0, 0.1) is 0 Å². The average molecular weight is 564 g/mol. The van der Waals surface area contributed by atoms with Crippen LogP contribution < -0.4 is 0 Å². The summed E-state index contributed by atoms with van der Waals surface area (Å²) >= 11 is 0. The van der Waals surface area contributed by atoms with E-state index in [2.05, 4.69) is 101 Å². The highest BCUT2D eigenvalue weighted by Gasteiger charge is 2.13. The third-order valence-electron chi connectivity index (χ3n) is 7.88. The molecule has 0 fully saturated rings. The van der Waals surface area contributed by atoms with E-state index in [4.69, 9.17) is 15.0 Å². The summed E-state index contributed by atoms with van der Waals surface area (Å²) in [6, 6.07) is 41.6. The molecule has 0 spiro atoms. The highest BCUT2D eigenvalue weighted by molar-refractivity contribution is 6.10. The number of pyridine rings is 5. The Morgan fingerprint density at radius 3 is 1.66 bits per heavy atom. The van der Waals surface area contributed by atoms with E-state index < -0.39 is 0 Å². The molecule has 0 bridgehead atoms. The normalized spacial score (nSPS) is 11.2. The lowest BCUT2D eigenvalue weighted by Gasteiger charge is -2.12. The SMILES string of the molecule is c1cc(-c2ccc(-c3nc4ccccc4c4ccccc34)nc2)cc(-c2cc(-c3cccnc3)nc(-c3cccnc3)c2)c1. The first-order chi connectivity index (χ1) is 21.8. The summed E-state index contributed by atoms with van der Waals surface area (Å²) in [5.74, 6) is 0. The minimum Gasteiger partial charge on any atom is -0.264 e. The van der Waals surface area contributed by atoms with Gasteiger partial charge in [0.1, 0.15) is 0 Å². The molecular formula is C39H25N5. The summed E-state index contributed by atoms with van der Waals surface area (Å²) in [5.41, 5.74) is 10.6. The quantitative estimate of drug-likeness (QED) is 0.195. The van der Waals surface area contributed by atoms with Gasteiger partial charge in [0.2, 0.25) is 0 Å². The Bertz CT molecular complexity index is 2210. The van der Waals surface area contributed by atoms with Gasteiger partial charge in [0.15, 0.2) is 0 Å². The predicted octanol–water partition coefficient (Wildman–Crippen LogP) is 9.30. The Balaban J connectivity index is 1.19. The monoisotopic (exact) mass is 563 g/mol. The second kappa shape index (κ2) is 11.0. The van der Waals surface area contributed by atoms with Gasteiger partial charge in [0.25, 0.3) is 0 Å². The lowest BCUT2D eigenvalue weighted by atomic mass is 9.97. The highest BCUT2D eigenvalue weighted by Crippen LogP contribution is 2.34. The zero-order valence-electron chi connectivity index (χ0n) is 23.7. The van der Waals surface area contributed by atoms with Gasteiger partial charge in [-0.05, 0) is 76.7 Å². The van der Waals surface area contributed by atoms with Gasteiger partial charge in [-0.15, -0.1) is 0 Å². The van der Waals surface area contributed by atoms with Gasteiger partial charge >= 0.3 is 0 Å². The molecule has 0 saturated carbocycles. The number of rotatable bonds is 5. The average Bonchev–Trinajstić information content (AvgIpc) is 3.12. The van der Waals surface area contributed by atoms with Crippen molar-refractivity contribution in [1.29, 1.82) is 0 Å². The number of hydrogen-bond acceptors (Lipinski definition) is 5. The maximum absolute atomic E-state index is 5.02. The summed E-state index contributed by atoms with van der Waals surface area (Å²) in [4.78, 5) is 23.5. The fraction of sp³-hybridized carbons (Fsp3) is 0. The maximum Gasteiger partial charge on any atom is 0.0972 e. The fourth-order valence-electron chi connectivity index (χ4n) is 5.70. The molecule has 0 radical (unpaired) electrons. The largest absolute Gasteiger partial charge is 0.264 e. The van der Waals surface area contributed by atoms with Crippen LogP contribution in [0.3, 0.4) is 0 Å². The summed E-state index contributed by atoms with van der Waals surface area (Å²) in [5, 5.41) is 3.43. The van der Waals surface area contributed by atoms with Crippen LogP contribution in [0.2, 0.25) is 0 Å². The van der Waals surface area contributed by atoms with E-state index in [-0.39, 0.29) is 0 Å². The second-order valence-corrected chi connectivity index (χ2v) is 10.6. The minimum atomic E-state index is 0.850. The van der Waals surface area contributed by atoms with E-state index >= 15 is 0 Å². The molecule has 0 aliphatic carbocycles. The van der Waals surface area contributed by atoms with Crippen LogP contribution in [0.15, 0.2) is 152 Å². The molecule has 0 aliphatic rings. The van der Waals surface area contributed by atoms with Crippen molar-refractivity contribution in [2.24, 2.45) is 0 Å². The van der Waals surface area contributed by atoms with E-state index in [1.165, 1.54) is 5.39 Å². The van der Waals surface area contributed by atoms with Crippen molar-refractivity contribution in [2.75, 3.05) is 0 Å². The van der Waals surface area contributed by atoms with Gasteiger partial charge in [0, 0.05) is 58.4 Å². The molecule has 0 unspecified atom stereocenters. The number of aromatic nitrogens is 5. The van der Waals surface area contributed by atoms with E-state index in [1.807, 2.05) is 48.9 Å². The van der Waals surface area contributed by atoms with Crippen molar-refractivity contribution in [2.45, 2.75) is 0 Å². The van der Waals surface area contributed by atoms with Crippen molar-refractivity contribution >= 4 is 21.7 Å². The van der Waals surface area contributed by atoms with Gasteiger partial charge < -0.3 is 0 Å². The van der Waals surface area contributed by atoms with E-state index in [0.29, 0.717) is 0 Å². The van der Waals surface area contributed by atoms with Crippen molar-refractivity contribution in [3.05, 3.63) is 152 Å². The molecule has 0 atom stereocenters. The Kier molecular flexibility index (Phi) is 6.39. The van der Waals surface area contributed by atoms with Crippen LogP contribution in [0.25, 0.3) is 77.8 Å². The topological polar surface area (TPSA) is 64.5 Å². The number of hydrogen-bond donors (Lipinski definition) is 0. The summed E-state index contributed by atoms with van der Waals surface area (Å²) in [6.07, 6.45) is 9.18. The number of fused-ring (bicyclic) bond motifs is 3. The highest BCUT2D eigenvalue weighted by atomic mass is 14.8. The Hall–Kier alpha value is -6.07. The number of para-hydroxylation sites is 1. The molecule has 5 heterocycles. The summed E-state index contributed by atoms with van der Waals surface area (Å²) in [6.45, 7) is 0. The lowest BCUT2D eigenvalue weighted by Crippen LogP contribution is -1.93. The van der Waals surface area contributed by atoms with Gasteiger partial charge in [-0.25, -0.2) is 9.97 Å². The molecule has 0 N–H and O–H groups in total. The van der Waals surface area contributed by atoms with E-state index in [9.17, 15) is 0 Å². The molecule has 5 nitrogen and oxygen atoms in total. The molecule has 8 aromatic rings. The molecule has 206 valence electrons. The predicted molar refractivity (Wildman–Crippen MR) is 178 cm³/mol. The van der Waals surface area contributed by atoms with Crippen molar-refractivity contribution in [3.8, 4) is 56.2 Å². The maximum atomic E-state index is 5.02. The Morgan fingerprint density at radius 2 is 1.00 bits per heavy atom. The second-order valence-electron chi connectivity index (χ2n) is 10.6. The standard InChI is InChI=1S/C39H25N5/c1-2-14-34-32(12-1)33-13-3-4-15-35(33)44-39(34)36-17-16-28(25-42-36)26-8-5-9-27(20-26)31-21-37(29-10-6-18-40-23-29)43-38(22-31)30-11-7-19-41-24-30/h1-25H. The number of benzene rings is 3. The van der Waals surface area contributed by atoms with Crippen molar-refractivity contribution in [1.82, 2.24) is 24.9 Å². The smallest absolute Gasteiger partial charge is 0.0972 e. The third kappa shape index (κ3) is 4.76. The number of nitrogens with zero attached hydrogens (tertiary/aromatic N) is 5. The lowest BCUT2D eigenvalue weighted by molar-refractivity contribution is 1.26. The third-order valence-corrected chi connectivity index (χ3v) is 7.88. The molecule has 8 rings (SSSR count). The van der Waals surface area contributed by atoms with Crippen LogP contribution in [-0.4, -0.2) is 24.9 Å². The zero-order chi connectivity index (χ0) is 29.3. The van der Waals surface area contributed by atoms with Crippen LogP contribution in [0.5, 0.6) is 0 Å². The van der Waals surface area contributed by atoms with Crippen molar-refractivity contribution < 1.29 is 0 Å². The molecule has 0 aliphatic heterocycles. The molecule has 0 saturated heterocycles. The van der Waals surface area contributed by atoms with Crippen molar-refractivity contribution in [3.63, 3.8) is 0 Å². The van der Waals surface area contributed by atoms with E-state index in [0.717, 1.165) is 72.4 Å². The molecule has 0 amide bonds. The molecule has 5 aromatic heterocycles. The first kappa shape index (κ1) is 25.6. The van der Waals surface area contributed by atoms with Gasteiger partial charge in [-0.3, -0.25) is 15.0 Å². The Morgan fingerprint density at radius 1 is 0.364 bits per heavy atom. The van der Waals surface area contributed by atoms with Crippen LogP contribution >= 0.6 is 0 Å². The van der Waals surface area contributed by atoms with Gasteiger partial charge in [-0.1, -0.05) is 66.7 Å². The van der Waals surface area contributed by atoms with Gasteiger partial charge in [-0.2, -0.15) is 0 Å². The van der Waals surface area contributed by atoms with E-state index in [1.54, 1.807) is 12.4 Å². The summed E-state index contributed by atoms with van der Waals surface area (Å²) in [7, 11) is 0. The summed E-state index contributed by atoms with van der Waals surface area (Å²) < 4.78 is 0. The van der Waals surface area contributed by atoms with Gasteiger partial charge in [0.05, 0.1) is 28.3 Å². The molecule has 5 heteroatoms. The van der Waals surface area contributed by atoms with Crippen LogP contribution in [0.4, 0.5) is 0 Å². The fourth-order valence-corrected chi connectivity index (χ4v) is 5.70. The zero-order valence-corrected chi connectivity index (χ0v) is 23.7.